The minimum atomic E-state index is -1.12. The molecule has 0 saturated carbocycles. The lowest BCUT2D eigenvalue weighted by atomic mass is 9.77. The van der Waals surface area contributed by atoms with Crippen molar-refractivity contribution >= 4 is 47.1 Å². The zero-order valence-corrected chi connectivity index (χ0v) is 33.2. The van der Waals surface area contributed by atoms with Gasteiger partial charge in [-0.1, -0.05) is 36.4 Å². The highest BCUT2D eigenvalue weighted by Gasteiger charge is 2.57. The summed E-state index contributed by atoms with van der Waals surface area (Å²) >= 11 is 0. The Labute approximate surface area is 344 Å². The summed E-state index contributed by atoms with van der Waals surface area (Å²) in [6.45, 7) is 6.73. The number of carbonyl (C=O) groups excluding carboxylic acids is 5. The molecule has 6 N–H and O–H groups in total. The second-order valence-corrected chi connectivity index (χ2v) is 15.7. The van der Waals surface area contributed by atoms with E-state index in [0.717, 1.165) is 21.7 Å². The number of nitrogens with one attached hydrogen (secondary N) is 5. The molecule has 2 saturated heterocycles. The zero-order valence-electron chi connectivity index (χ0n) is 33.2. The lowest BCUT2D eigenvalue weighted by Gasteiger charge is -2.30. The van der Waals surface area contributed by atoms with E-state index in [1.165, 1.54) is 0 Å². The molecule has 8 rings (SSSR count). The maximum absolute atomic E-state index is 13.5. The number of likely N-dealkylation sites (tertiary alicyclic amines) is 1. The molecule has 4 aliphatic rings. The molecule has 4 aromatic rings. The monoisotopic (exact) mass is 816 g/mol. The van der Waals surface area contributed by atoms with E-state index in [-0.39, 0.29) is 43.7 Å². The topological polar surface area (TPSA) is 243 Å². The van der Waals surface area contributed by atoms with Gasteiger partial charge in [-0.3, -0.25) is 29.4 Å². The number of allylic oxidation sites excluding steroid dienone is 3. The zero-order chi connectivity index (χ0) is 42.2. The summed E-state index contributed by atoms with van der Waals surface area (Å²) in [4.78, 5) is 73.5. The number of aliphatic hydroxyl groups is 1. The molecular weight excluding hydrogens is 773 g/mol. The van der Waals surface area contributed by atoms with Crippen LogP contribution >= 0.6 is 0 Å². The number of rotatable bonds is 15. The van der Waals surface area contributed by atoms with Gasteiger partial charge in [0.25, 0.3) is 11.8 Å². The largest absolute Gasteiger partial charge is 0.451 e. The quantitative estimate of drug-likeness (QED) is 0.0574. The smallest absolute Gasteiger partial charge is 0.339 e. The highest BCUT2D eigenvalue weighted by Crippen LogP contribution is 2.46. The second kappa shape index (κ2) is 16.1. The lowest BCUT2D eigenvalue weighted by Crippen LogP contribution is -2.55. The van der Waals surface area contributed by atoms with Crippen molar-refractivity contribution in [1.82, 2.24) is 41.0 Å². The van der Waals surface area contributed by atoms with Gasteiger partial charge in [-0.05, 0) is 57.0 Å². The van der Waals surface area contributed by atoms with Crippen LogP contribution in [0.1, 0.15) is 73.5 Å². The summed E-state index contributed by atoms with van der Waals surface area (Å²) in [7, 11) is 0. The van der Waals surface area contributed by atoms with E-state index < -0.39 is 46.7 Å². The summed E-state index contributed by atoms with van der Waals surface area (Å²) in [6.07, 6.45) is 5.83. The molecular formula is C42H44N10O8. The van der Waals surface area contributed by atoms with Crippen LogP contribution in [0.25, 0.3) is 11.5 Å². The number of aliphatic hydroxyl groups excluding tert-OH is 1. The van der Waals surface area contributed by atoms with E-state index in [9.17, 15) is 29.1 Å². The molecule has 3 aliphatic heterocycles. The van der Waals surface area contributed by atoms with Crippen LogP contribution in [0.4, 0.5) is 17.5 Å². The lowest BCUT2D eigenvalue weighted by molar-refractivity contribution is -0.152. The number of hydrogen-bond donors (Lipinski definition) is 6. The molecule has 1 aliphatic carbocycles. The normalized spacial score (nSPS) is 21.1. The maximum Gasteiger partial charge on any atom is 0.339 e. The van der Waals surface area contributed by atoms with Crippen molar-refractivity contribution in [3.05, 3.63) is 101 Å². The highest BCUT2D eigenvalue weighted by molar-refractivity contribution is 6.20. The first-order valence-corrected chi connectivity index (χ1v) is 19.7. The number of cyclic esters (lactones) is 1. The Kier molecular flexibility index (Phi) is 10.7. The van der Waals surface area contributed by atoms with Crippen molar-refractivity contribution in [1.29, 1.82) is 0 Å². The van der Waals surface area contributed by atoms with Crippen LogP contribution < -0.4 is 26.6 Å². The predicted octanol–water partition coefficient (Wildman–Crippen LogP) is 2.94. The molecule has 0 spiro atoms. The van der Waals surface area contributed by atoms with E-state index >= 15 is 0 Å². The number of imide groups is 2. The number of amides is 4. The number of benzene rings is 2. The average molecular weight is 817 g/mol. The number of piperidine rings is 1. The third-order valence-corrected chi connectivity index (χ3v) is 11.1. The number of aromatic nitrogens is 4. The van der Waals surface area contributed by atoms with Gasteiger partial charge in [-0.25, -0.2) is 9.78 Å². The Hall–Kier alpha value is -6.79. The molecule has 18 nitrogen and oxygen atoms in total. The van der Waals surface area contributed by atoms with Gasteiger partial charge < -0.3 is 35.5 Å². The highest BCUT2D eigenvalue weighted by atomic mass is 16.6. The van der Waals surface area contributed by atoms with E-state index in [4.69, 9.17) is 14.1 Å². The van der Waals surface area contributed by atoms with Gasteiger partial charge in [0.05, 0.1) is 29.2 Å². The van der Waals surface area contributed by atoms with Crippen LogP contribution in [-0.4, -0.2) is 92.1 Å². The van der Waals surface area contributed by atoms with Crippen LogP contribution in [-0.2, 0) is 35.9 Å². The van der Waals surface area contributed by atoms with E-state index in [0.29, 0.717) is 60.2 Å². The Morgan fingerprint density at radius 1 is 0.983 bits per heavy atom. The summed E-state index contributed by atoms with van der Waals surface area (Å²) in [5.41, 5.74) is 2.38. The van der Waals surface area contributed by atoms with Gasteiger partial charge in [0, 0.05) is 67.6 Å². The molecule has 2 fully saturated rings. The minimum absolute atomic E-state index is 0.0640. The number of anilines is 3. The molecule has 60 heavy (non-hydrogen) atoms. The predicted molar refractivity (Wildman–Crippen MR) is 215 cm³/mol. The number of nitrogens with zero attached hydrogens (tertiary/aromatic N) is 5. The number of carbonyl (C=O) groups is 5. The van der Waals surface area contributed by atoms with Crippen molar-refractivity contribution in [3.63, 3.8) is 0 Å². The third kappa shape index (κ3) is 7.73. The fraction of sp³-hybridized carbons (Fsp3) is 0.357. The second-order valence-electron chi connectivity index (χ2n) is 15.7. The first kappa shape index (κ1) is 40.0. The summed E-state index contributed by atoms with van der Waals surface area (Å²) < 4.78 is 11.6. The Morgan fingerprint density at radius 2 is 1.80 bits per heavy atom. The average Bonchev–Trinajstić information content (AvgIpc) is 3.85. The van der Waals surface area contributed by atoms with Crippen molar-refractivity contribution in [2.45, 2.75) is 64.1 Å². The van der Waals surface area contributed by atoms with Crippen LogP contribution in [0, 0.1) is 5.41 Å². The molecule has 2 unspecified atom stereocenters. The molecule has 310 valence electrons. The van der Waals surface area contributed by atoms with E-state index in [2.05, 4.69) is 41.8 Å². The number of esters is 1. The number of hydrogen-bond acceptors (Lipinski definition) is 16. The number of fused-ring (bicyclic) bond motifs is 2. The first-order valence-electron chi connectivity index (χ1n) is 19.7. The molecule has 18 heteroatoms. The SMILES string of the molecule is CC12CC(NCCNCCc3nnc(-c4cnc(Nc5ccc6c(c5)C(C)(C)OC6=O)nc4N[C@H](CO)c4ccccc4)o3)=CC=C1C(=O)N(C1CCC(=O)NC1=O)C2=O. The summed E-state index contributed by atoms with van der Waals surface area (Å²) in [5, 5.41) is 34.3. The van der Waals surface area contributed by atoms with Crippen molar-refractivity contribution in [2.24, 2.45) is 5.41 Å². The molecule has 0 bridgehead atoms. The van der Waals surface area contributed by atoms with Crippen LogP contribution in [0.2, 0.25) is 0 Å². The van der Waals surface area contributed by atoms with Gasteiger partial charge >= 0.3 is 5.97 Å². The standard InChI is InChI=1S/C42H44N10O8/c1-41(2)29-19-24(9-11-26(29)38(57)60-41)46-40-45-21-27(34(49-40)47-30(22-53)23-7-5-4-6-8-23)36-51-50-33(59-36)15-16-43-17-18-44-25-10-12-28-37(56)52(39(58)42(28,3)20-25)31-13-14-32(54)48-35(31)55/h4-12,19,21,30-31,43-44,53H,13-18,20,22H2,1-3H3,(H,48,54,55)(H2,45,46,47,49)/t30-,31?,42?/m1/s1. The fourth-order valence-electron chi connectivity index (χ4n) is 7.88. The van der Waals surface area contributed by atoms with Crippen LogP contribution in [0.3, 0.4) is 0 Å². The summed E-state index contributed by atoms with van der Waals surface area (Å²) in [5.74, 6) is -1.22. The maximum atomic E-state index is 13.5. The first-order chi connectivity index (χ1) is 28.8. The van der Waals surface area contributed by atoms with Gasteiger partial charge in [0.15, 0.2) is 0 Å². The molecule has 2 aromatic carbocycles. The minimum Gasteiger partial charge on any atom is -0.451 e. The fourth-order valence-corrected chi connectivity index (χ4v) is 7.88. The van der Waals surface area contributed by atoms with Gasteiger partial charge in [0.1, 0.15) is 17.5 Å². The van der Waals surface area contributed by atoms with E-state index in [1.54, 1.807) is 37.4 Å². The molecule has 2 aromatic heterocycles. The van der Waals surface area contributed by atoms with Gasteiger partial charge in [-0.2, -0.15) is 4.98 Å². The molecule has 5 heterocycles. The Balaban J connectivity index is 0.882. The van der Waals surface area contributed by atoms with Crippen molar-refractivity contribution < 1.29 is 38.2 Å². The van der Waals surface area contributed by atoms with Gasteiger partial charge in [0.2, 0.25) is 29.6 Å². The third-order valence-electron chi connectivity index (χ3n) is 11.1. The Morgan fingerprint density at radius 3 is 2.58 bits per heavy atom. The van der Waals surface area contributed by atoms with E-state index in [1.807, 2.05) is 50.2 Å². The van der Waals surface area contributed by atoms with Crippen molar-refractivity contribution in [3.8, 4) is 11.5 Å². The van der Waals surface area contributed by atoms with Gasteiger partial charge in [-0.15, -0.1) is 10.2 Å². The molecule has 0 radical (unpaired) electrons. The molecule has 4 amide bonds. The summed E-state index contributed by atoms with van der Waals surface area (Å²) in [6, 6.07) is 13.2. The Bertz CT molecular complexity index is 2450. The number of ether oxygens (including phenoxy) is 1. The van der Waals surface area contributed by atoms with Crippen LogP contribution in [0.5, 0.6) is 0 Å². The van der Waals surface area contributed by atoms with Crippen LogP contribution in [0.15, 0.2) is 82.6 Å². The van der Waals surface area contributed by atoms with Crippen molar-refractivity contribution in [2.75, 3.05) is 36.9 Å². The molecule has 3 atom stereocenters.